The highest BCUT2D eigenvalue weighted by molar-refractivity contribution is 4.47. The van der Waals surface area contributed by atoms with E-state index in [1.165, 1.54) is 75.4 Å². The monoisotopic (exact) mass is 241 g/mol. The van der Waals surface area contributed by atoms with Crippen LogP contribution in [0.2, 0.25) is 0 Å². The summed E-state index contributed by atoms with van der Waals surface area (Å²) in [6.45, 7) is 8.88. The summed E-state index contributed by atoms with van der Waals surface area (Å²) >= 11 is 0. The molecule has 0 aliphatic heterocycles. The van der Waals surface area contributed by atoms with Crippen LogP contribution in [0.15, 0.2) is 0 Å². The number of hydrogen-bond donors (Lipinski definition) is 0. The Labute approximate surface area is 110 Å². The third-order valence-corrected chi connectivity index (χ3v) is 3.63. The van der Waals surface area contributed by atoms with Gasteiger partial charge < -0.3 is 4.48 Å². The molecule has 1 radical (unpaired) electrons. The van der Waals surface area contributed by atoms with Gasteiger partial charge in [-0.2, -0.15) is 0 Å². The molecule has 0 atom stereocenters. The lowest BCUT2D eigenvalue weighted by Crippen LogP contribution is -2.41. The molecule has 0 fully saturated rings. The smallest absolute Gasteiger partial charge is 0.0782 e. The molecule has 0 aliphatic rings. The number of unbranched alkanes of at least 4 members (excludes halogenated alkanes) is 8. The molecule has 103 valence electrons. The van der Waals surface area contributed by atoms with Crippen molar-refractivity contribution in [3.63, 3.8) is 0 Å². The first-order valence-electron chi connectivity index (χ1n) is 7.73. The quantitative estimate of drug-likeness (QED) is 0.339. The minimum atomic E-state index is 1.10. The van der Waals surface area contributed by atoms with Gasteiger partial charge >= 0.3 is 0 Å². The van der Waals surface area contributed by atoms with E-state index in [1.807, 2.05) is 0 Å². The van der Waals surface area contributed by atoms with E-state index in [0.717, 1.165) is 6.42 Å². The second-order valence-corrected chi connectivity index (χ2v) is 6.06. The lowest BCUT2D eigenvalue weighted by atomic mass is 10.1. The second kappa shape index (κ2) is 11.1. The zero-order valence-corrected chi connectivity index (χ0v) is 12.6. The van der Waals surface area contributed by atoms with Gasteiger partial charge in [-0.05, 0) is 25.7 Å². The molecule has 0 saturated heterocycles. The van der Waals surface area contributed by atoms with Gasteiger partial charge in [-0.3, -0.25) is 0 Å². The van der Waals surface area contributed by atoms with Gasteiger partial charge in [-0.25, -0.2) is 0 Å². The van der Waals surface area contributed by atoms with Crippen LogP contribution >= 0.6 is 0 Å². The molecule has 0 heterocycles. The summed E-state index contributed by atoms with van der Waals surface area (Å²) in [5, 5.41) is 0. The van der Waals surface area contributed by atoms with Gasteiger partial charge in [0.1, 0.15) is 0 Å². The first-order valence-corrected chi connectivity index (χ1v) is 7.73. The average Bonchev–Trinajstić information content (AvgIpc) is 2.29. The van der Waals surface area contributed by atoms with Crippen molar-refractivity contribution in [3.8, 4) is 0 Å². The Kier molecular flexibility index (Phi) is 11.0. The van der Waals surface area contributed by atoms with E-state index in [2.05, 4.69) is 27.9 Å². The van der Waals surface area contributed by atoms with E-state index in [0.29, 0.717) is 0 Å². The van der Waals surface area contributed by atoms with Crippen LogP contribution in [0.25, 0.3) is 0 Å². The molecule has 0 aliphatic carbocycles. The summed E-state index contributed by atoms with van der Waals surface area (Å²) in [6, 6.07) is 0. The molecule has 17 heavy (non-hydrogen) atoms. The molecule has 0 aromatic heterocycles. The Morgan fingerprint density at radius 3 is 1.71 bits per heavy atom. The van der Waals surface area contributed by atoms with Gasteiger partial charge in [-0.15, -0.1) is 0 Å². The zero-order chi connectivity index (χ0) is 13.0. The van der Waals surface area contributed by atoms with E-state index in [1.54, 1.807) is 0 Å². The molecular formula is C16H35N+. The first-order chi connectivity index (χ1) is 8.12. The average molecular weight is 241 g/mol. The lowest BCUT2D eigenvalue weighted by Gasteiger charge is -2.30. The summed E-state index contributed by atoms with van der Waals surface area (Å²) in [5.41, 5.74) is 0. The highest BCUT2D eigenvalue weighted by atomic mass is 15.3. The van der Waals surface area contributed by atoms with Gasteiger partial charge in [0, 0.05) is 0 Å². The minimum absolute atomic E-state index is 1.10. The lowest BCUT2D eigenvalue weighted by molar-refractivity contribution is -0.890. The molecule has 0 bridgehead atoms. The van der Waals surface area contributed by atoms with Gasteiger partial charge in [-0.1, -0.05) is 52.4 Å². The van der Waals surface area contributed by atoms with Crippen molar-refractivity contribution in [2.45, 2.75) is 71.1 Å². The van der Waals surface area contributed by atoms with Crippen molar-refractivity contribution < 1.29 is 4.48 Å². The van der Waals surface area contributed by atoms with E-state index < -0.39 is 0 Å². The predicted molar refractivity (Wildman–Crippen MR) is 79.0 cm³/mol. The van der Waals surface area contributed by atoms with Crippen LogP contribution < -0.4 is 0 Å². The Morgan fingerprint density at radius 2 is 1.18 bits per heavy atom. The molecule has 0 N–H and O–H groups in total. The fraction of sp³-hybridized carbons (Fsp3) is 0.938. The number of quaternary nitrogens is 1. The second-order valence-electron chi connectivity index (χ2n) is 6.06. The Balaban J connectivity index is 3.37. The van der Waals surface area contributed by atoms with E-state index in [9.17, 15) is 0 Å². The van der Waals surface area contributed by atoms with Crippen LogP contribution in [0.4, 0.5) is 0 Å². The molecule has 0 aromatic carbocycles. The van der Waals surface area contributed by atoms with Gasteiger partial charge in [0.2, 0.25) is 0 Å². The topological polar surface area (TPSA) is 0 Å². The summed E-state index contributed by atoms with van der Waals surface area (Å²) < 4.78 is 1.21. The third-order valence-electron chi connectivity index (χ3n) is 3.63. The molecule has 0 saturated carbocycles. The fourth-order valence-electron chi connectivity index (χ4n) is 2.33. The summed E-state index contributed by atoms with van der Waals surface area (Å²) in [6.07, 6.45) is 13.6. The van der Waals surface area contributed by atoms with Crippen molar-refractivity contribution in [1.29, 1.82) is 0 Å². The standard InChI is InChI=1S/C16H35N/c1-5-7-9-11-12-14-16-17(3,4)15-13-10-8-6-2/h2,5-16H2,1,3-4H3/q+1. The number of rotatable bonds is 12. The Hall–Kier alpha value is -0.0400. The molecule has 0 rings (SSSR count). The summed E-state index contributed by atoms with van der Waals surface area (Å²) in [5.74, 6) is 0. The minimum Gasteiger partial charge on any atom is -0.328 e. The SMILES string of the molecule is [CH2]CCCCC[N+](C)(C)CCCCCCCC. The van der Waals surface area contributed by atoms with Crippen LogP contribution in [-0.2, 0) is 0 Å². The molecule has 1 heteroatoms. The molecular weight excluding hydrogens is 206 g/mol. The number of hydrogen-bond acceptors (Lipinski definition) is 0. The van der Waals surface area contributed by atoms with Crippen LogP contribution in [0.5, 0.6) is 0 Å². The predicted octanol–water partition coefficient (Wildman–Crippen LogP) is 4.82. The van der Waals surface area contributed by atoms with Crippen LogP contribution in [0.3, 0.4) is 0 Å². The van der Waals surface area contributed by atoms with Crippen molar-refractivity contribution in [3.05, 3.63) is 6.92 Å². The normalized spacial score (nSPS) is 12.0. The largest absolute Gasteiger partial charge is 0.328 e. The highest BCUT2D eigenvalue weighted by Gasteiger charge is 2.13. The molecule has 0 unspecified atom stereocenters. The highest BCUT2D eigenvalue weighted by Crippen LogP contribution is 2.10. The molecule has 0 spiro atoms. The molecule has 0 aromatic rings. The van der Waals surface area contributed by atoms with E-state index in [4.69, 9.17) is 0 Å². The molecule has 0 amide bonds. The van der Waals surface area contributed by atoms with Gasteiger partial charge in [0.25, 0.3) is 0 Å². The summed E-state index contributed by atoms with van der Waals surface area (Å²) in [4.78, 5) is 0. The van der Waals surface area contributed by atoms with Gasteiger partial charge in [0.15, 0.2) is 0 Å². The van der Waals surface area contributed by atoms with Crippen molar-refractivity contribution in [2.24, 2.45) is 0 Å². The Bertz CT molecular complexity index is 152. The van der Waals surface area contributed by atoms with Crippen LogP contribution in [-0.4, -0.2) is 31.7 Å². The first kappa shape index (κ1) is 17.0. The van der Waals surface area contributed by atoms with Gasteiger partial charge in [0.05, 0.1) is 27.2 Å². The van der Waals surface area contributed by atoms with Crippen molar-refractivity contribution >= 4 is 0 Å². The van der Waals surface area contributed by atoms with E-state index in [-0.39, 0.29) is 0 Å². The maximum atomic E-state index is 3.90. The maximum Gasteiger partial charge on any atom is 0.0782 e. The Morgan fingerprint density at radius 1 is 0.706 bits per heavy atom. The number of nitrogens with zero attached hydrogens (tertiary/aromatic N) is 1. The van der Waals surface area contributed by atoms with Crippen LogP contribution in [0.1, 0.15) is 71.1 Å². The molecule has 1 nitrogen and oxygen atoms in total. The maximum absolute atomic E-state index is 3.90. The van der Waals surface area contributed by atoms with Crippen LogP contribution in [0, 0.1) is 6.92 Å². The zero-order valence-electron chi connectivity index (χ0n) is 12.6. The van der Waals surface area contributed by atoms with Crippen molar-refractivity contribution in [1.82, 2.24) is 0 Å². The fourth-order valence-corrected chi connectivity index (χ4v) is 2.33. The van der Waals surface area contributed by atoms with E-state index >= 15 is 0 Å². The third kappa shape index (κ3) is 12.2. The summed E-state index contributed by atoms with van der Waals surface area (Å²) in [7, 11) is 4.77. The van der Waals surface area contributed by atoms with Crippen molar-refractivity contribution in [2.75, 3.05) is 27.2 Å².